The number of nitrogens with two attached hydrogens (primary N) is 2. The van der Waals surface area contributed by atoms with Gasteiger partial charge in [0.05, 0.1) is 13.3 Å². The Labute approximate surface area is 84.2 Å². The normalized spacial score (nSPS) is 12.6. The average Bonchev–Trinajstić information content (AvgIpc) is 2.21. The highest BCUT2D eigenvalue weighted by molar-refractivity contribution is 5.44. The molecular weight excluding hydrogens is 178 g/mol. The zero-order chi connectivity index (χ0) is 10.7. The summed E-state index contributed by atoms with van der Waals surface area (Å²) in [6.07, 6.45) is -0.334. The summed E-state index contributed by atoms with van der Waals surface area (Å²) in [5, 5.41) is 0. The van der Waals surface area contributed by atoms with E-state index in [1.54, 1.807) is 7.11 Å². The molecule has 78 valence electrons. The van der Waals surface area contributed by atoms with Crippen molar-refractivity contribution in [2.75, 3.05) is 7.11 Å². The van der Waals surface area contributed by atoms with Gasteiger partial charge in [-0.05, 0) is 36.6 Å². The molecule has 0 fully saturated rings. The molecule has 0 aromatic heterocycles. The molecule has 4 heteroatoms. The fraction of sp³-hybridized carbons (Fsp3) is 0.400. The molecule has 0 radical (unpaired) electrons. The minimum Gasteiger partial charge on any atom is -0.496 e. The fourth-order valence-electron chi connectivity index (χ4n) is 1.46. The van der Waals surface area contributed by atoms with Gasteiger partial charge in [-0.3, -0.25) is 5.84 Å². The van der Waals surface area contributed by atoms with Crippen LogP contribution in [0.2, 0.25) is 0 Å². The van der Waals surface area contributed by atoms with Crippen LogP contribution in [-0.2, 0) is 0 Å². The number of hydrazine groups is 1. The molecule has 0 spiro atoms. The van der Waals surface area contributed by atoms with E-state index >= 15 is 0 Å². The summed E-state index contributed by atoms with van der Waals surface area (Å²) in [7, 11) is 1.66. The van der Waals surface area contributed by atoms with Crippen molar-refractivity contribution in [3.05, 3.63) is 28.8 Å². The number of hydrogen-bond donors (Lipinski definition) is 3. The van der Waals surface area contributed by atoms with E-state index in [1.165, 1.54) is 0 Å². The average molecular weight is 195 g/mol. The van der Waals surface area contributed by atoms with E-state index < -0.39 is 0 Å². The minimum absolute atomic E-state index is 0.334. The van der Waals surface area contributed by atoms with Gasteiger partial charge < -0.3 is 10.5 Å². The van der Waals surface area contributed by atoms with Gasteiger partial charge >= 0.3 is 0 Å². The van der Waals surface area contributed by atoms with Crippen LogP contribution in [0.5, 0.6) is 5.75 Å². The van der Waals surface area contributed by atoms with Crippen LogP contribution in [0, 0.1) is 13.8 Å². The van der Waals surface area contributed by atoms with E-state index in [0.29, 0.717) is 0 Å². The predicted molar refractivity (Wildman–Crippen MR) is 56.7 cm³/mol. The molecule has 0 aliphatic rings. The highest BCUT2D eigenvalue weighted by atomic mass is 16.5. The smallest absolute Gasteiger partial charge is 0.122 e. The molecule has 0 aliphatic heterocycles. The molecule has 14 heavy (non-hydrogen) atoms. The lowest BCUT2D eigenvalue weighted by Gasteiger charge is -2.17. The van der Waals surface area contributed by atoms with E-state index in [4.69, 9.17) is 16.3 Å². The van der Waals surface area contributed by atoms with E-state index in [9.17, 15) is 0 Å². The Morgan fingerprint density at radius 1 is 1.29 bits per heavy atom. The molecule has 0 bridgehead atoms. The third kappa shape index (κ3) is 1.87. The van der Waals surface area contributed by atoms with Gasteiger partial charge in [0.15, 0.2) is 0 Å². The summed E-state index contributed by atoms with van der Waals surface area (Å²) in [5.41, 5.74) is 11.5. The molecule has 0 saturated carbocycles. The maximum absolute atomic E-state index is 5.78. The monoisotopic (exact) mass is 195 g/mol. The molecule has 0 amide bonds. The molecule has 0 saturated heterocycles. The summed E-state index contributed by atoms with van der Waals surface area (Å²) in [5.74, 6) is 6.16. The molecule has 1 unspecified atom stereocenters. The van der Waals surface area contributed by atoms with Gasteiger partial charge in [-0.1, -0.05) is 6.07 Å². The molecule has 1 aromatic carbocycles. The molecule has 1 atom stereocenters. The quantitative estimate of drug-likeness (QED) is 0.378. The van der Waals surface area contributed by atoms with Crippen LogP contribution in [0.1, 0.15) is 22.9 Å². The van der Waals surface area contributed by atoms with Crippen LogP contribution in [-0.4, -0.2) is 7.11 Å². The van der Waals surface area contributed by atoms with Crippen LogP contribution >= 0.6 is 0 Å². The van der Waals surface area contributed by atoms with Crippen molar-refractivity contribution in [2.45, 2.75) is 20.0 Å². The van der Waals surface area contributed by atoms with Crippen molar-refractivity contribution < 1.29 is 4.74 Å². The first-order valence-corrected chi connectivity index (χ1v) is 4.47. The van der Waals surface area contributed by atoms with E-state index in [2.05, 4.69) is 5.43 Å². The van der Waals surface area contributed by atoms with Gasteiger partial charge in [0.1, 0.15) is 5.75 Å². The Morgan fingerprint density at radius 2 is 1.93 bits per heavy atom. The van der Waals surface area contributed by atoms with Gasteiger partial charge in [0.25, 0.3) is 0 Å². The Kier molecular flexibility index (Phi) is 3.46. The number of methoxy groups -OCH3 is 1. The van der Waals surface area contributed by atoms with Gasteiger partial charge in [0, 0.05) is 0 Å². The number of ether oxygens (including phenoxy) is 1. The molecule has 0 aliphatic carbocycles. The van der Waals surface area contributed by atoms with Crippen molar-refractivity contribution in [3.63, 3.8) is 0 Å². The van der Waals surface area contributed by atoms with Gasteiger partial charge in [-0.25, -0.2) is 5.43 Å². The van der Waals surface area contributed by atoms with Crippen LogP contribution in [0.25, 0.3) is 0 Å². The third-order valence-corrected chi connectivity index (χ3v) is 2.51. The van der Waals surface area contributed by atoms with E-state index in [0.717, 1.165) is 22.4 Å². The first-order valence-electron chi connectivity index (χ1n) is 4.47. The molecule has 0 heterocycles. The van der Waals surface area contributed by atoms with Crippen LogP contribution < -0.4 is 21.7 Å². The number of benzene rings is 1. The molecule has 1 aromatic rings. The molecule has 4 nitrogen and oxygen atoms in total. The summed E-state index contributed by atoms with van der Waals surface area (Å²) < 4.78 is 5.20. The SMILES string of the molecule is COc1ccc(C(N)NN)c(C)c1C. The summed E-state index contributed by atoms with van der Waals surface area (Å²) in [4.78, 5) is 0. The van der Waals surface area contributed by atoms with Crippen molar-refractivity contribution in [2.24, 2.45) is 11.6 Å². The predicted octanol–water partition coefficient (Wildman–Crippen LogP) is 0.733. The number of hydrogen-bond acceptors (Lipinski definition) is 4. The summed E-state index contributed by atoms with van der Waals surface area (Å²) in [6.45, 7) is 4.01. The summed E-state index contributed by atoms with van der Waals surface area (Å²) in [6, 6.07) is 3.82. The Morgan fingerprint density at radius 3 is 2.43 bits per heavy atom. The lowest BCUT2D eigenvalue weighted by atomic mass is 10.0. The Bertz CT molecular complexity index is 325. The van der Waals surface area contributed by atoms with Crippen molar-refractivity contribution >= 4 is 0 Å². The molecule has 1 rings (SSSR count). The minimum atomic E-state index is -0.334. The Balaban J connectivity index is 3.17. The zero-order valence-electron chi connectivity index (χ0n) is 8.79. The molecule has 5 N–H and O–H groups in total. The van der Waals surface area contributed by atoms with E-state index in [-0.39, 0.29) is 6.17 Å². The van der Waals surface area contributed by atoms with Crippen molar-refractivity contribution in [1.82, 2.24) is 5.43 Å². The van der Waals surface area contributed by atoms with Gasteiger partial charge in [-0.2, -0.15) is 0 Å². The number of nitrogens with one attached hydrogen (secondary N) is 1. The lowest BCUT2D eigenvalue weighted by molar-refractivity contribution is 0.410. The van der Waals surface area contributed by atoms with Crippen LogP contribution in [0.3, 0.4) is 0 Å². The zero-order valence-corrected chi connectivity index (χ0v) is 8.79. The highest BCUT2D eigenvalue weighted by Gasteiger charge is 2.11. The van der Waals surface area contributed by atoms with Crippen LogP contribution in [0.4, 0.5) is 0 Å². The fourth-order valence-corrected chi connectivity index (χ4v) is 1.46. The van der Waals surface area contributed by atoms with Crippen molar-refractivity contribution in [3.8, 4) is 5.75 Å². The standard InChI is InChI=1S/C10H17N3O/c1-6-7(2)9(14-3)5-4-8(6)10(11)13-12/h4-5,10,13H,11-12H2,1-3H3. The first-order chi connectivity index (χ1) is 6.61. The maximum atomic E-state index is 5.78. The molecular formula is C10H17N3O. The highest BCUT2D eigenvalue weighted by Crippen LogP contribution is 2.25. The second kappa shape index (κ2) is 4.41. The third-order valence-electron chi connectivity index (χ3n) is 2.51. The van der Waals surface area contributed by atoms with Gasteiger partial charge in [-0.15, -0.1) is 0 Å². The second-order valence-electron chi connectivity index (χ2n) is 3.25. The summed E-state index contributed by atoms with van der Waals surface area (Å²) >= 11 is 0. The van der Waals surface area contributed by atoms with E-state index in [1.807, 2.05) is 26.0 Å². The Hall–Kier alpha value is -1.10. The first kappa shape index (κ1) is 11.0. The van der Waals surface area contributed by atoms with Gasteiger partial charge in [0.2, 0.25) is 0 Å². The maximum Gasteiger partial charge on any atom is 0.122 e. The number of rotatable bonds is 3. The largest absolute Gasteiger partial charge is 0.496 e. The van der Waals surface area contributed by atoms with Crippen LogP contribution in [0.15, 0.2) is 12.1 Å². The van der Waals surface area contributed by atoms with Crippen molar-refractivity contribution in [1.29, 1.82) is 0 Å². The topological polar surface area (TPSA) is 73.3 Å². The lowest BCUT2D eigenvalue weighted by Crippen LogP contribution is -2.34. The second-order valence-corrected chi connectivity index (χ2v) is 3.25.